The second-order valence-electron chi connectivity index (χ2n) is 5.88. The van der Waals surface area contributed by atoms with E-state index in [1.807, 2.05) is 54.6 Å². The molecule has 3 aromatic rings. The number of hydrogen-bond acceptors (Lipinski definition) is 4. The molecule has 2 aromatic carbocycles. The van der Waals surface area contributed by atoms with Crippen molar-refractivity contribution in [2.45, 2.75) is 16.3 Å². The minimum atomic E-state index is -0.0230. The number of aromatic nitrogens is 1. The largest absolute Gasteiger partial charge is 0.304 e. The molecule has 1 aliphatic rings. The molecule has 1 aromatic heterocycles. The van der Waals surface area contributed by atoms with Crippen molar-refractivity contribution in [1.82, 2.24) is 10.3 Å². The first-order valence-corrected chi connectivity index (χ1v) is 9.41. The maximum absolute atomic E-state index is 13.0. The van der Waals surface area contributed by atoms with Gasteiger partial charge < -0.3 is 5.32 Å². The second kappa shape index (κ2) is 8.76. The van der Waals surface area contributed by atoms with E-state index >= 15 is 0 Å². The van der Waals surface area contributed by atoms with Crippen molar-refractivity contribution in [3.8, 4) is 0 Å². The third-order valence-electron chi connectivity index (χ3n) is 4.07. The summed E-state index contributed by atoms with van der Waals surface area (Å²) in [6.07, 6.45) is 3.52. The van der Waals surface area contributed by atoms with Gasteiger partial charge in [-0.25, -0.2) is 0 Å². The molecular weight excluding hydrogens is 401 g/mol. The molecule has 0 fully saturated rings. The summed E-state index contributed by atoms with van der Waals surface area (Å²) in [4.78, 5) is 20.9. The van der Waals surface area contributed by atoms with E-state index < -0.39 is 0 Å². The lowest BCUT2D eigenvalue weighted by Crippen LogP contribution is -2.36. The predicted octanol–water partition coefficient (Wildman–Crippen LogP) is 5.08. The monoisotopic (exact) mass is 417 g/mol. The van der Waals surface area contributed by atoms with Crippen LogP contribution in [0.1, 0.15) is 5.56 Å². The highest BCUT2D eigenvalue weighted by atomic mass is 35.5. The molecule has 0 bridgehead atoms. The highest BCUT2D eigenvalue weighted by Gasteiger charge is 2.27. The SMILES string of the molecule is Cl.O=C(CNCc1cccnc1)N1c2ccccc2Sc2ccc(Cl)cc21. The first-order chi connectivity index (χ1) is 12.7. The van der Waals surface area contributed by atoms with E-state index in [0.29, 0.717) is 11.6 Å². The molecule has 0 unspecified atom stereocenters. The number of anilines is 2. The van der Waals surface area contributed by atoms with Gasteiger partial charge in [0.1, 0.15) is 0 Å². The third-order valence-corrected chi connectivity index (χ3v) is 5.43. The Labute approximate surface area is 173 Å². The van der Waals surface area contributed by atoms with Crippen LogP contribution in [0, 0.1) is 0 Å². The fourth-order valence-electron chi connectivity index (χ4n) is 2.89. The smallest absolute Gasteiger partial charge is 0.245 e. The van der Waals surface area contributed by atoms with Crippen LogP contribution in [0.3, 0.4) is 0 Å². The van der Waals surface area contributed by atoms with E-state index in [-0.39, 0.29) is 24.9 Å². The van der Waals surface area contributed by atoms with Crippen molar-refractivity contribution in [2.75, 3.05) is 11.4 Å². The van der Waals surface area contributed by atoms with Gasteiger partial charge in [0.2, 0.25) is 5.91 Å². The normalized spacial score (nSPS) is 12.0. The van der Waals surface area contributed by atoms with E-state index in [1.165, 1.54) is 0 Å². The van der Waals surface area contributed by atoms with Crippen molar-refractivity contribution in [1.29, 1.82) is 0 Å². The Balaban J connectivity index is 0.00000210. The predicted molar refractivity (Wildman–Crippen MR) is 112 cm³/mol. The number of pyridine rings is 1. The summed E-state index contributed by atoms with van der Waals surface area (Å²) in [6.45, 7) is 0.812. The van der Waals surface area contributed by atoms with Gasteiger partial charge in [-0.2, -0.15) is 0 Å². The maximum Gasteiger partial charge on any atom is 0.245 e. The number of carbonyl (C=O) groups excluding carboxylic acids is 1. The summed E-state index contributed by atoms with van der Waals surface area (Å²) in [5, 5.41) is 3.82. The molecule has 1 aliphatic heterocycles. The van der Waals surface area contributed by atoms with Gasteiger partial charge in [0.25, 0.3) is 0 Å². The lowest BCUT2D eigenvalue weighted by atomic mass is 10.2. The Morgan fingerprint density at radius 1 is 1.07 bits per heavy atom. The van der Waals surface area contributed by atoms with Gasteiger partial charge in [0, 0.05) is 33.8 Å². The van der Waals surface area contributed by atoms with E-state index in [9.17, 15) is 4.79 Å². The molecular formula is C20H17Cl2N3OS. The fraction of sp³-hybridized carbons (Fsp3) is 0.100. The number of para-hydroxylation sites is 1. The van der Waals surface area contributed by atoms with Gasteiger partial charge in [-0.05, 0) is 42.0 Å². The summed E-state index contributed by atoms with van der Waals surface area (Å²) in [5.74, 6) is -0.0230. The molecule has 2 heterocycles. The highest BCUT2D eigenvalue weighted by molar-refractivity contribution is 7.99. The van der Waals surface area contributed by atoms with Crippen LogP contribution in [-0.2, 0) is 11.3 Å². The maximum atomic E-state index is 13.0. The van der Waals surface area contributed by atoms with Gasteiger partial charge in [-0.15, -0.1) is 12.4 Å². The molecule has 4 rings (SSSR count). The fourth-order valence-corrected chi connectivity index (χ4v) is 4.10. The summed E-state index contributed by atoms with van der Waals surface area (Å²) in [5.41, 5.74) is 2.76. The Hall–Kier alpha value is -2.05. The van der Waals surface area contributed by atoms with Gasteiger partial charge in [-0.3, -0.25) is 14.7 Å². The third kappa shape index (κ3) is 4.28. The standard InChI is InChI=1S/C20H16ClN3OS.ClH/c21-15-7-8-19-17(10-15)24(16-5-1-2-6-18(16)26-19)20(25)13-23-12-14-4-3-9-22-11-14;/h1-11,23H,12-13H2;1H. The number of rotatable bonds is 4. The van der Waals surface area contributed by atoms with Gasteiger partial charge in [-0.1, -0.05) is 41.6 Å². The zero-order chi connectivity index (χ0) is 17.9. The van der Waals surface area contributed by atoms with Crippen molar-refractivity contribution >= 4 is 53.1 Å². The van der Waals surface area contributed by atoms with Crippen molar-refractivity contribution in [3.63, 3.8) is 0 Å². The highest BCUT2D eigenvalue weighted by Crippen LogP contribution is 2.48. The number of nitrogens with zero attached hydrogens (tertiary/aromatic N) is 2. The average Bonchev–Trinajstić information content (AvgIpc) is 2.67. The number of nitrogens with one attached hydrogen (secondary N) is 1. The molecule has 0 saturated carbocycles. The lowest BCUT2D eigenvalue weighted by Gasteiger charge is -2.31. The molecule has 0 spiro atoms. The Bertz CT molecular complexity index is 953. The molecule has 1 N–H and O–H groups in total. The van der Waals surface area contributed by atoms with Crippen molar-refractivity contribution in [3.05, 3.63) is 77.6 Å². The molecule has 7 heteroatoms. The van der Waals surface area contributed by atoms with Crippen LogP contribution in [0.2, 0.25) is 5.02 Å². The van der Waals surface area contributed by atoms with Crippen LogP contribution in [0.15, 0.2) is 76.8 Å². The van der Waals surface area contributed by atoms with E-state index in [4.69, 9.17) is 11.6 Å². The van der Waals surface area contributed by atoms with E-state index in [0.717, 1.165) is 26.7 Å². The van der Waals surface area contributed by atoms with Gasteiger partial charge in [0.15, 0.2) is 0 Å². The first-order valence-electron chi connectivity index (χ1n) is 8.21. The molecule has 27 heavy (non-hydrogen) atoms. The zero-order valence-electron chi connectivity index (χ0n) is 14.3. The number of fused-ring (bicyclic) bond motifs is 2. The Kier molecular flexibility index (Phi) is 6.39. The summed E-state index contributed by atoms with van der Waals surface area (Å²) >= 11 is 7.84. The van der Waals surface area contributed by atoms with Gasteiger partial charge >= 0.3 is 0 Å². The van der Waals surface area contributed by atoms with Crippen LogP contribution in [-0.4, -0.2) is 17.4 Å². The number of carbonyl (C=O) groups is 1. The van der Waals surface area contributed by atoms with Gasteiger partial charge in [0.05, 0.1) is 17.9 Å². The number of hydrogen-bond donors (Lipinski definition) is 1. The second-order valence-corrected chi connectivity index (χ2v) is 7.40. The van der Waals surface area contributed by atoms with Crippen LogP contribution >= 0.6 is 35.8 Å². The van der Waals surface area contributed by atoms with E-state index in [1.54, 1.807) is 29.1 Å². The number of benzene rings is 2. The summed E-state index contributed by atoms with van der Waals surface area (Å²) in [7, 11) is 0. The summed E-state index contributed by atoms with van der Waals surface area (Å²) < 4.78 is 0. The first kappa shape index (κ1) is 19.7. The molecule has 1 amide bonds. The van der Waals surface area contributed by atoms with Crippen LogP contribution in [0.5, 0.6) is 0 Å². The minimum Gasteiger partial charge on any atom is -0.304 e. The molecule has 138 valence electrons. The van der Waals surface area contributed by atoms with Crippen LogP contribution in [0.25, 0.3) is 0 Å². The molecule has 0 atom stereocenters. The average molecular weight is 418 g/mol. The van der Waals surface area contributed by atoms with E-state index in [2.05, 4.69) is 10.3 Å². The summed E-state index contributed by atoms with van der Waals surface area (Å²) in [6, 6.07) is 17.4. The minimum absolute atomic E-state index is 0. The van der Waals surface area contributed by atoms with Crippen molar-refractivity contribution in [2.24, 2.45) is 0 Å². The quantitative estimate of drug-likeness (QED) is 0.642. The molecule has 0 aliphatic carbocycles. The Morgan fingerprint density at radius 2 is 1.89 bits per heavy atom. The zero-order valence-corrected chi connectivity index (χ0v) is 16.7. The number of amides is 1. The molecule has 0 radical (unpaired) electrons. The number of halogens is 2. The topological polar surface area (TPSA) is 45.2 Å². The van der Waals surface area contributed by atoms with Crippen molar-refractivity contribution < 1.29 is 4.79 Å². The Morgan fingerprint density at radius 3 is 2.70 bits per heavy atom. The van der Waals surface area contributed by atoms with Crippen LogP contribution in [0.4, 0.5) is 11.4 Å². The molecule has 4 nitrogen and oxygen atoms in total. The van der Waals surface area contributed by atoms with Crippen LogP contribution < -0.4 is 10.2 Å². The molecule has 0 saturated heterocycles. The lowest BCUT2D eigenvalue weighted by molar-refractivity contribution is -0.117.